The second-order valence-electron chi connectivity index (χ2n) is 3.47. The molecule has 0 aromatic rings. The summed E-state index contributed by atoms with van der Waals surface area (Å²) in [6.07, 6.45) is 11.5. The van der Waals surface area contributed by atoms with Crippen molar-refractivity contribution < 1.29 is 0 Å². The van der Waals surface area contributed by atoms with Gasteiger partial charge in [0, 0.05) is 0 Å². The van der Waals surface area contributed by atoms with Crippen molar-refractivity contribution in [2.75, 3.05) is 0 Å². The zero-order valence-electron chi connectivity index (χ0n) is 8.36. The molecule has 0 aromatic carbocycles. The molecule has 0 aliphatic heterocycles. The van der Waals surface area contributed by atoms with E-state index in [0.29, 0.717) is 0 Å². The predicted octanol–water partition coefficient (Wildman–Crippen LogP) is 3.64. The fourth-order valence-electron chi connectivity index (χ4n) is 1.38. The Hall–Kier alpha value is 0.0649. The monoisotopic (exact) mass is 154 g/mol. The molecule has 1 heteroatoms. The largest absolute Gasteiger partial charge is 0.120 e. The fraction of sp³-hybridized carbons (Fsp3) is 1.00. The zero-order valence-corrected chi connectivity index (χ0v) is 8.36. The van der Waals surface area contributed by atoms with Crippen molar-refractivity contribution in [2.24, 2.45) is 0 Å². The smallest absolute Gasteiger partial charge is 0.0774 e. The lowest BCUT2D eigenvalue weighted by Gasteiger charge is -1.97. The molecule has 0 saturated carbocycles. The molecule has 0 atom stereocenters. The van der Waals surface area contributed by atoms with Gasteiger partial charge in [0.25, 0.3) is 0 Å². The van der Waals surface area contributed by atoms with Gasteiger partial charge in [-0.25, -0.2) is 0 Å². The van der Waals surface area contributed by atoms with E-state index in [-0.39, 0.29) is 0 Å². The van der Waals surface area contributed by atoms with Gasteiger partial charge in [-0.3, -0.25) is 0 Å². The SMILES string of the molecule is CCCCBCCCCCC. The van der Waals surface area contributed by atoms with Crippen molar-refractivity contribution in [1.29, 1.82) is 0 Å². The van der Waals surface area contributed by atoms with Crippen molar-refractivity contribution in [3.05, 3.63) is 0 Å². The summed E-state index contributed by atoms with van der Waals surface area (Å²) in [7, 11) is 1.47. The standard InChI is InChI=1S/C10H23B/c1-3-5-7-8-10-11-9-6-4-2/h11H,3-10H2,1-2H3. The molecule has 0 aliphatic rings. The lowest BCUT2D eigenvalue weighted by molar-refractivity contribution is 0.699. The van der Waals surface area contributed by atoms with Crippen molar-refractivity contribution >= 4 is 7.28 Å². The number of hydrogen-bond acceptors (Lipinski definition) is 0. The molecule has 0 aliphatic carbocycles. The Kier molecular flexibility index (Phi) is 10.1. The Morgan fingerprint density at radius 3 is 2.00 bits per heavy atom. The zero-order chi connectivity index (χ0) is 8.36. The predicted molar refractivity (Wildman–Crippen MR) is 55.8 cm³/mol. The highest BCUT2D eigenvalue weighted by Crippen LogP contribution is 2.04. The molecule has 0 spiro atoms. The van der Waals surface area contributed by atoms with Crippen LogP contribution in [0.5, 0.6) is 0 Å². The second kappa shape index (κ2) is 10.1. The molecule has 66 valence electrons. The van der Waals surface area contributed by atoms with Crippen molar-refractivity contribution in [1.82, 2.24) is 0 Å². The molecular formula is C10H23B. The Morgan fingerprint density at radius 1 is 0.727 bits per heavy atom. The highest BCUT2D eigenvalue weighted by molar-refractivity contribution is 6.35. The van der Waals surface area contributed by atoms with Crippen LogP contribution >= 0.6 is 0 Å². The molecule has 0 N–H and O–H groups in total. The normalized spacial score (nSPS) is 10.0. The molecule has 0 heterocycles. The van der Waals surface area contributed by atoms with E-state index >= 15 is 0 Å². The van der Waals surface area contributed by atoms with Crippen LogP contribution in [0.2, 0.25) is 12.6 Å². The maximum Gasteiger partial charge on any atom is 0.120 e. The first kappa shape index (κ1) is 11.1. The van der Waals surface area contributed by atoms with Crippen molar-refractivity contribution in [3.63, 3.8) is 0 Å². The van der Waals surface area contributed by atoms with Crippen LogP contribution in [0, 0.1) is 0 Å². The van der Waals surface area contributed by atoms with Gasteiger partial charge in [-0.05, 0) is 0 Å². The van der Waals surface area contributed by atoms with Crippen LogP contribution in [0.1, 0.15) is 52.4 Å². The van der Waals surface area contributed by atoms with Crippen LogP contribution in [-0.2, 0) is 0 Å². The van der Waals surface area contributed by atoms with E-state index in [1.54, 1.807) is 0 Å². The maximum absolute atomic E-state index is 2.27. The highest BCUT2D eigenvalue weighted by Gasteiger charge is 1.91. The summed E-state index contributed by atoms with van der Waals surface area (Å²) in [6, 6.07) is 0. The summed E-state index contributed by atoms with van der Waals surface area (Å²) in [4.78, 5) is 0. The molecule has 0 unspecified atom stereocenters. The summed E-state index contributed by atoms with van der Waals surface area (Å²) in [5.74, 6) is 0. The van der Waals surface area contributed by atoms with E-state index < -0.39 is 0 Å². The van der Waals surface area contributed by atoms with Gasteiger partial charge in [-0.1, -0.05) is 65.0 Å². The fourth-order valence-corrected chi connectivity index (χ4v) is 1.38. The molecule has 0 amide bonds. The Morgan fingerprint density at radius 2 is 1.36 bits per heavy atom. The first-order chi connectivity index (χ1) is 5.41. The van der Waals surface area contributed by atoms with Gasteiger partial charge >= 0.3 is 0 Å². The van der Waals surface area contributed by atoms with Crippen LogP contribution in [0.4, 0.5) is 0 Å². The van der Waals surface area contributed by atoms with Crippen LogP contribution in [0.15, 0.2) is 0 Å². The van der Waals surface area contributed by atoms with Gasteiger partial charge in [0.1, 0.15) is 7.28 Å². The average molecular weight is 154 g/mol. The number of rotatable bonds is 8. The lowest BCUT2D eigenvalue weighted by Crippen LogP contribution is -1.88. The van der Waals surface area contributed by atoms with Gasteiger partial charge in [-0.15, -0.1) is 0 Å². The van der Waals surface area contributed by atoms with Crippen molar-refractivity contribution in [3.8, 4) is 0 Å². The highest BCUT2D eigenvalue weighted by atomic mass is 13.9. The minimum absolute atomic E-state index is 1.37. The first-order valence-corrected chi connectivity index (χ1v) is 5.41. The van der Waals surface area contributed by atoms with Gasteiger partial charge in [-0.2, -0.15) is 0 Å². The molecular weight excluding hydrogens is 131 g/mol. The summed E-state index contributed by atoms with van der Waals surface area (Å²) in [5.41, 5.74) is 0. The van der Waals surface area contributed by atoms with E-state index in [9.17, 15) is 0 Å². The van der Waals surface area contributed by atoms with Crippen LogP contribution < -0.4 is 0 Å². The van der Waals surface area contributed by atoms with E-state index in [1.165, 1.54) is 58.4 Å². The first-order valence-electron chi connectivity index (χ1n) is 5.41. The molecule has 0 saturated heterocycles. The Bertz CT molecular complexity index is 53.9. The van der Waals surface area contributed by atoms with E-state index in [2.05, 4.69) is 13.8 Å². The third kappa shape index (κ3) is 10.1. The van der Waals surface area contributed by atoms with Gasteiger partial charge < -0.3 is 0 Å². The summed E-state index contributed by atoms with van der Waals surface area (Å²) < 4.78 is 0. The number of hydrogen-bond donors (Lipinski definition) is 0. The van der Waals surface area contributed by atoms with Gasteiger partial charge in [0.05, 0.1) is 0 Å². The summed E-state index contributed by atoms with van der Waals surface area (Å²) in [5, 5.41) is 0. The van der Waals surface area contributed by atoms with Crippen molar-refractivity contribution in [2.45, 2.75) is 65.0 Å². The minimum atomic E-state index is 1.37. The van der Waals surface area contributed by atoms with Crippen LogP contribution in [-0.4, -0.2) is 7.28 Å². The molecule has 0 fully saturated rings. The molecule has 0 nitrogen and oxygen atoms in total. The van der Waals surface area contributed by atoms with E-state index in [0.717, 1.165) is 0 Å². The topological polar surface area (TPSA) is 0 Å². The summed E-state index contributed by atoms with van der Waals surface area (Å²) in [6.45, 7) is 4.55. The van der Waals surface area contributed by atoms with Crippen LogP contribution in [0.3, 0.4) is 0 Å². The minimum Gasteiger partial charge on any atom is -0.0774 e. The van der Waals surface area contributed by atoms with Gasteiger partial charge in [0.15, 0.2) is 0 Å². The Balaban J connectivity index is 2.69. The van der Waals surface area contributed by atoms with Crippen LogP contribution in [0.25, 0.3) is 0 Å². The molecule has 0 aromatic heterocycles. The lowest BCUT2D eigenvalue weighted by atomic mass is 9.68. The molecule has 0 rings (SSSR count). The quantitative estimate of drug-likeness (QED) is 0.370. The third-order valence-corrected chi connectivity index (χ3v) is 2.21. The molecule has 0 bridgehead atoms. The maximum atomic E-state index is 2.27. The van der Waals surface area contributed by atoms with Gasteiger partial charge in [0.2, 0.25) is 0 Å². The molecule has 0 radical (unpaired) electrons. The third-order valence-electron chi connectivity index (χ3n) is 2.21. The summed E-state index contributed by atoms with van der Waals surface area (Å²) >= 11 is 0. The number of unbranched alkanes of at least 4 members (excludes halogenated alkanes) is 4. The van der Waals surface area contributed by atoms with E-state index in [4.69, 9.17) is 0 Å². The average Bonchev–Trinajstić information content (AvgIpc) is 2.03. The van der Waals surface area contributed by atoms with E-state index in [1.807, 2.05) is 0 Å². The molecule has 11 heavy (non-hydrogen) atoms. The Labute approximate surface area is 73.0 Å². The second-order valence-corrected chi connectivity index (χ2v) is 3.47.